The highest BCUT2D eigenvalue weighted by Crippen LogP contribution is 2.54. The van der Waals surface area contributed by atoms with E-state index in [2.05, 4.69) is 0 Å². The molecule has 14 nitrogen and oxygen atoms in total. The molecule has 0 amide bonds. The average molecular weight is 290 g/mol. The second kappa shape index (κ2) is 4.59. The van der Waals surface area contributed by atoms with Gasteiger partial charge in [0.2, 0.25) is 0 Å². The average Bonchev–Trinajstić information content (AvgIpc) is 2.28. The lowest BCUT2D eigenvalue weighted by atomic mass is 10.1. The molecule has 0 atom stereocenters. The molecule has 14 heteroatoms. The monoisotopic (exact) mass is 290 g/mol. The van der Waals surface area contributed by atoms with Crippen LogP contribution in [0.25, 0.3) is 0 Å². The van der Waals surface area contributed by atoms with Crippen molar-refractivity contribution in [2.75, 3.05) is 0 Å². The Morgan fingerprint density at radius 1 is 0.550 bits per heavy atom. The number of nitro benzene ring substituents is 4. The fourth-order valence-corrected chi connectivity index (χ4v) is 1.36. The minimum absolute atomic E-state index is 1.58. The van der Waals surface area contributed by atoms with Crippen molar-refractivity contribution in [3.8, 4) is 11.5 Å². The molecule has 1 aromatic carbocycles. The molecular weight excluding hydrogens is 288 g/mol. The van der Waals surface area contributed by atoms with Crippen LogP contribution in [0.5, 0.6) is 11.5 Å². The summed E-state index contributed by atoms with van der Waals surface area (Å²) >= 11 is 0. The Morgan fingerprint density at radius 3 is 0.800 bits per heavy atom. The number of hydrogen-bond donors (Lipinski definition) is 2. The van der Waals surface area contributed by atoms with Gasteiger partial charge in [0, 0.05) is 0 Å². The Kier molecular flexibility index (Phi) is 3.33. The molecular formula is C6H2N4O10. The van der Waals surface area contributed by atoms with Crippen molar-refractivity contribution in [3.63, 3.8) is 0 Å². The highest BCUT2D eigenvalue weighted by Gasteiger charge is 2.49. The molecule has 1 rings (SSSR count). The summed E-state index contributed by atoms with van der Waals surface area (Å²) in [6.45, 7) is 0. The number of hydrogen-bond acceptors (Lipinski definition) is 10. The Bertz CT molecular complexity index is 556. The van der Waals surface area contributed by atoms with Gasteiger partial charge in [-0.3, -0.25) is 40.5 Å². The fraction of sp³-hybridized carbons (Fsp3) is 0. The standard InChI is InChI=1S/C6H2N4O10/c11-5-1(7(13)14)2(8(15)16)6(12)4(10(19)20)3(5)9(17)18/h11-12H. The van der Waals surface area contributed by atoms with Gasteiger partial charge < -0.3 is 10.2 Å². The first-order chi connectivity index (χ1) is 9.11. The molecule has 0 heterocycles. The quantitative estimate of drug-likeness (QED) is 0.450. The number of phenolic OH excluding ortho intramolecular Hbond substituents is 2. The van der Waals surface area contributed by atoms with Crippen molar-refractivity contribution in [2.45, 2.75) is 0 Å². The second-order valence-electron chi connectivity index (χ2n) is 3.12. The van der Waals surface area contributed by atoms with Gasteiger partial charge in [-0.25, -0.2) is 0 Å². The van der Waals surface area contributed by atoms with E-state index in [1.54, 1.807) is 0 Å². The van der Waals surface area contributed by atoms with Crippen molar-refractivity contribution in [3.05, 3.63) is 40.5 Å². The maximum absolute atomic E-state index is 10.6. The molecule has 1 aromatic rings. The van der Waals surface area contributed by atoms with Crippen molar-refractivity contribution in [1.29, 1.82) is 0 Å². The topological polar surface area (TPSA) is 213 Å². The van der Waals surface area contributed by atoms with Crippen LogP contribution in [0.15, 0.2) is 0 Å². The molecule has 0 aromatic heterocycles. The zero-order chi connectivity index (χ0) is 15.8. The lowest BCUT2D eigenvalue weighted by Crippen LogP contribution is -2.04. The summed E-state index contributed by atoms with van der Waals surface area (Å²) in [5.74, 6) is -3.78. The van der Waals surface area contributed by atoms with E-state index in [9.17, 15) is 50.7 Å². The molecule has 106 valence electrons. The van der Waals surface area contributed by atoms with Gasteiger partial charge in [-0.05, 0) is 0 Å². The van der Waals surface area contributed by atoms with Crippen LogP contribution in [0, 0.1) is 40.5 Å². The van der Waals surface area contributed by atoms with Crippen LogP contribution < -0.4 is 0 Å². The zero-order valence-electron chi connectivity index (χ0n) is 8.95. The maximum atomic E-state index is 10.6. The number of rotatable bonds is 4. The van der Waals surface area contributed by atoms with Crippen LogP contribution >= 0.6 is 0 Å². The van der Waals surface area contributed by atoms with Gasteiger partial charge >= 0.3 is 22.7 Å². The van der Waals surface area contributed by atoms with Gasteiger partial charge in [0.05, 0.1) is 19.7 Å². The molecule has 0 radical (unpaired) electrons. The van der Waals surface area contributed by atoms with E-state index in [1.165, 1.54) is 0 Å². The molecule has 0 saturated heterocycles. The largest absolute Gasteiger partial charge is 0.497 e. The molecule has 0 aliphatic carbocycles. The van der Waals surface area contributed by atoms with Crippen LogP contribution in [-0.4, -0.2) is 29.9 Å². The van der Waals surface area contributed by atoms with Gasteiger partial charge in [0.15, 0.2) is 0 Å². The first-order valence-electron chi connectivity index (χ1n) is 4.30. The van der Waals surface area contributed by atoms with Gasteiger partial charge in [0.25, 0.3) is 11.5 Å². The Morgan fingerprint density at radius 2 is 0.700 bits per heavy atom. The summed E-state index contributed by atoms with van der Waals surface area (Å²) in [5.41, 5.74) is -7.26. The van der Waals surface area contributed by atoms with Gasteiger partial charge in [-0.15, -0.1) is 0 Å². The van der Waals surface area contributed by atoms with E-state index < -0.39 is 53.9 Å². The highest BCUT2D eigenvalue weighted by molar-refractivity contribution is 5.84. The van der Waals surface area contributed by atoms with E-state index in [0.717, 1.165) is 0 Å². The summed E-state index contributed by atoms with van der Waals surface area (Å²) < 4.78 is 0. The summed E-state index contributed by atoms with van der Waals surface area (Å²) in [7, 11) is 0. The SMILES string of the molecule is O=[N+]([O-])c1c(O)c([N+](=O)[O-])c([N+](=O)[O-])c(O)c1[N+](=O)[O-]. The third-order valence-electron chi connectivity index (χ3n) is 2.08. The highest BCUT2D eigenvalue weighted by atomic mass is 16.7. The third-order valence-corrected chi connectivity index (χ3v) is 2.08. The molecule has 0 aliphatic rings. The molecule has 0 spiro atoms. The predicted molar refractivity (Wildman–Crippen MR) is 56.4 cm³/mol. The molecule has 20 heavy (non-hydrogen) atoms. The van der Waals surface area contributed by atoms with Crippen LogP contribution in [-0.2, 0) is 0 Å². The van der Waals surface area contributed by atoms with Crippen LogP contribution in [0.1, 0.15) is 0 Å². The molecule has 2 N–H and O–H groups in total. The number of nitro groups is 4. The molecule has 0 bridgehead atoms. The first-order valence-corrected chi connectivity index (χ1v) is 4.30. The van der Waals surface area contributed by atoms with Gasteiger partial charge in [-0.2, -0.15) is 0 Å². The van der Waals surface area contributed by atoms with Crippen molar-refractivity contribution < 1.29 is 29.9 Å². The lowest BCUT2D eigenvalue weighted by molar-refractivity contribution is -0.436. The van der Waals surface area contributed by atoms with E-state index in [-0.39, 0.29) is 0 Å². The summed E-state index contributed by atoms with van der Waals surface area (Å²) in [6, 6.07) is 0. The zero-order valence-corrected chi connectivity index (χ0v) is 8.95. The smallest absolute Gasteiger partial charge is 0.399 e. The van der Waals surface area contributed by atoms with E-state index in [0.29, 0.717) is 0 Å². The summed E-state index contributed by atoms with van der Waals surface area (Å²) in [5, 5.41) is 61.0. The van der Waals surface area contributed by atoms with Gasteiger partial charge in [-0.1, -0.05) is 0 Å². The molecule has 0 fully saturated rings. The number of aromatic hydroxyl groups is 2. The predicted octanol–water partition coefficient (Wildman–Crippen LogP) is 0.731. The number of benzene rings is 1. The lowest BCUT2D eigenvalue weighted by Gasteiger charge is -2.02. The Labute approximate surface area is 106 Å². The van der Waals surface area contributed by atoms with Crippen LogP contribution in [0.4, 0.5) is 22.7 Å². The van der Waals surface area contributed by atoms with E-state index in [1.807, 2.05) is 0 Å². The molecule has 0 unspecified atom stereocenters. The maximum Gasteiger partial charge on any atom is 0.399 e. The number of nitrogens with zero attached hydrogens (tertiary/aromatic N) is 4. The normalized spacial score (nSPS) is 10.0. The summed E-state index contributed by atoms with van der Waals surface area (Å²) in [6.07, 6.45) is 0. The van der Waals surface area contributed by atoms with Crippen LogP contribution in [0.3, 0.4) is 0 Å². The van der Waals surface area contributed by atoms with Crippen LogP contribution in [0.2, 0.25) is 0 Å². The second-order valence-corrected chi connectivity index (χ2v) is 3.12. The Hall–Kier alpha value is -3.58. The van der Waals surface area contributed by atoms with Crippen molar-refractivity contribution >= 4 is 22.7 Å². The van der Waals surface area contributed by atoms with E-state index >= 15 is 0 Å². The van der Waals surface area contributed by atoms with Crippen molar-refractivity contribution in [2.24, 2.45) is 0 Å². The van der Waals surface area contributed by atoms with Crippen molar-refractivity contribution in [1.82, 2.24) is 0 Å². The fourth-order valence-electron chi connectivity index (χ4n) is 1.36. The third kappa shape index (κ3) is 1.96. The van der Waals surface area contributed by atoms with E-state index in [4.69, 9.17) is 0 Å². The Balaban J connectivity index is 4.10. The minimum Gasteiger partial charge on any atom is -0.497 e. The first kappa shape index (κ1) is 14.5. The summed E-state index contributed by atoms with van der Waals surface area (Å²) in [4.78, 5) is 36.1. The molecule has 0 aliphatic heterocycles. The minimum atomic E-state index is -1.89. The number of phenols is 2. The van der Waals surface area contributed by atoms with Gasteiger partial charge in [0.1, 0.15) is 0 Å². The molecule has 0 saturated carbocycles.